The zero-order chi connectivity index (χ0) is 16.1. The molecule has 1 aromatic carbocycles. The van der Waals surface area contributed by atoms with E-state index in [2.05, 4.69) is 16.5 Å². The number of nitriles is 1. The molecule has 2 rings (SSSR count). The number of nitrogens with zero attached hydrogens (tertiary/aromatic N) is 3. The van der Waals surface area contributed by atoms with Crippen molar-refractivity contribution in [2.75, 3.05) is 5.32 Å². The number of anilines is 1. The SMILES string of the molecule is Cc1cc(NC(=O)Cc2c(Cl)cccc2Cl)n(CCC#N)n1. The second-order valence-corrected chi connectivity index (χ2v) is 5.54. The highest BCUT2D eigenvalue weighted by atomic mass is 35.5. The molecule has 1 amide bonds. The first-order valence-corrected chi connectivity index (χ1v) is 7.41. The van der Waals surface area contributed by atoms with Gasteiger partial charge in [-0.2, -0.15) is 10.4 Å². The predicted molar refractivity (Wildman–Crippen MR) is 86.0 cm³/mol. The number of carbonyl (C=O) groups excluding carboxylic acids is 1. The molecule has 0 radical (unpaired) electrons. The van der Waals surface area contributed by atoms with Crippen molar-refractivity contribution < 1.29 is 4.79 Å². The summed E-state index contributed by atoms with van der Waals surface area (Å²) in [6.45, 7) is 2.25. The van der Waals surface area contributed by atoms with E-state index in [4.69, 9.17) is 28.5 Å². The van der Waals surface area contributed by atoms with Crippen LogP contribution in [0.1, 0.15) is 17.7 Å². The van der Waals surface area contributed by atoms with Crippen LogP contribution < -0.4 is 5.32 Å². The van der Waals surface area contributed by atoms with E-state index in [0.29, 0.717) is 34.4 Å². The lowest BCUT2D eigenvalue weighted by molar-refractivity contribution is -0.115. The second kappa shape index (κ2) is 7.30. The Labute approximate surface area is 138 Å². The van der Waals surface area contributed by atoms with Gasteiger partial charge in [-0.15, -0.1) is 0 Å². The predicted octanol–water partition coefficient (Wildman–Crippen LogP) is 3.59. The van der Waals surface area contributed by atoms with E-state index in [0.717, 1.165) is 5.69 Å². The highest BCUT2D eigenvalue weighted by Crippen LogP contribution is 2.25. The van der Waals surface area contributed by atoms with Crippen molar-refractivity contribution in [3.05, 3.63) is 45.6 Å². The molecule has 0 aliphatic carbocycles. The van der Waals surface area contributed by atoms with Gasteiger partial charge in [-0.25, -0.2) is 4.68 Å². The summed E-state index contributed by atoms with van der Waals surface area (Å²) < 4.78 is 1.60. The fourth-order valence-corrected chi connectivity index (χ4v) is 2.55. The van der Waals surface area contributed by atoms with Gasteiger partial charge in [0.05, 0.1) is 31.1 Å². The third-order valence-electron chi connectivity index (χ3n) is 3.00. The quantitative estimate of drug-likeness (QED) is 0.906. The molecule has 0 saturated carbocycles. The van der Waals surface area contributed by atoms with Gasteiger partial charge in [0.15, 0.2) is 0 Å². The van der Waals surface area contributed by atoms with Crippen molar-refractivity contribution in [3.63, 3.8) is 0 Å². The van der Waals surface area contributed by atoms with Gasteiger partial charge >= 0.3 is 0 Å². The average molecular weight is 337 g/mol. The number of rotatable bonds is 5. The zero-order valence-corrected chi connectivity index (χ0v) is 13.4. The minimum Gasteiger partial charge on any atom is -0.311 e. The number of carbonyl (C=O) groups is 1. The van der Waals surface area contributed by atoms with Crippen molar-refractivity contribution in [1.29, 1.82) is 5.26 Å². The number of aromatic nitrogens is 2. The standard InChI is InChI=1S/C15H14Cl2N4O/c1-10-8-14(21(20-10)7-3-6-18)19-15(22)9-11-12(16)4-2-5-13(11)17/h2,4-5,8H,3,7,9H2,1H3,(H,19,22). The van der Waals surface area contributed by atoms with Crippen LogP contribution in [-0.2, 0) is 17.8 Å². The average Bonchev–Trinajstić information content (AvgIpc) is 2.80. The van der Waals surface area contributed by atoms with Crippen molar-refractivity contribution in [2.24, 2.45) is 0 Å². The molecule has 0 saturated heterocycles. The van der Waals surface area contributed by atoms with Gasteiger partial charge in [0, 0.05) is 16.1 Å². The number of nitrogens with one attached hydrogen (secondary N) is 1. The third kappa shape index (κ3) is 4.00. The maximum absolute atomic E-state index is 12.2. The molecule has 0 aliphatic heterocycles. The Morgan fingerprint density at radius 2 is 2.09 bits per heavy atom. The molecule has 0 atom stereocenters. The molecular formula is C15H14Cl2N4O. The Bertz CT molecular complexity index is 713. The van der Waals surface area contributed by atoms with Crippen LogP contribution in [-0.4, -0.2) is 15.7 Å². The van der Waals surface area contributed by atoms with E-state index < -0.39 is 0 Å². The van der Waals surface area contributed by atoms with Crippen LogP contribution in [0.3, 0.4) is 0 Å². The monoisotopic (exact) mass is 336 g/mol. The summed E-state index contributed by atoms with van der Waals surface area (Å²) in [5, 5.41) is 16.6. The number of hydrogen-bond donors (Lipinski definition) is 1. The molecule has 1 N–H and O–H groups in total. The number of hydrogen-bond acceptors (Lipinski definition) is 3. The molecule has 2 aromatic rings. The third-order valence-corrected chi connectivity index (χ3v) is 3.71. The molecule has 0 spiro atoms. The summed E-state index contributed by atoms with van der Waals surface area (Å²) in [6, 6.07) is 8.92. The Morgan fingerprint density at radius 1 is 1.41 bits per heavy atom. The van der Waals surface area contributed by atoms with Crippen LogP contribution in [0.15, 0.2) is 24.3 Å². The van der Waals surface area contributed by atoms with Crippen molar-refractivity contribution in [2.45, 2.75) is 26.3 Å². The van der Waals surface area contributed by atoms with Gasteiger partial charge in [0.2, 0.25) is 5.91 Å². The van der Waals surface area contributed by atoms with Gasteiger partial charge in [-0.3, -0.25) is 4.79 Å². The van der Waals surface area contributed by atoms with Gasteiger partial charge < -0.3 is 5.32 Å². The second-order valence-electron chi connectivity index (χ2n) is 4.73. The fourth-order valence-electron chi connectivity index (χ4n) is 2.02. The van der Waals surface area contributed by atoms with Crippen LogP contribution in [0.4, 0.5) is 5.82 Å². The van der Waals surface area contributed by atoms with E-state index in [1.54, 1.807) is 28.9 Å². The van der Waals surface area contributed by atoms with Crippen molar-refractivity contribution >= 4 is 34.9 Å². The van der Waals surface area contributed by atoms with Crippen molar-refractivity contribution in [3.8, 4) is 6.07 Å². The molecule has 0 bridgehead atoms. The summed E-state index contributed by atoms with van der Waals surface area (Å²) in [7, 11) is 0. The van der Waals surface area contributed by atoms with Crippen LogP contribution >= 0.6 is 23.2 Å². The number of aryl methyl sites for hydroxylation is 2. The largest absolute Gasteiger partial charge is 0.311 e. The van der Waals surface area contributed by atoms with Crippen molar-refractivity contribution in [1.82, 2.24) is 9.78 Å². The summed E-state index contributed by atoms with van der Waals surface area (Å²) in [6.07, 6.45) is 0.390. The molecule has 7 heteroatoms. The Morgan fingerprint density at radius 3 is 2.73 bits per heavy atom. The minimum absolute atomic E-state index is 0.0704. The Balaban J connectivity index is 2.11. The zero-order valence-electron chi connectivity index (χ0n) is 11.9. The summed E-state index contributed by atoms with van der Waals surface area (Å²) >= 11 is 12.1. The van der Waals surface area contributed by atoms with E-state index in [9.17, 15) is 4.79 Å². The smallest absolute Gasteiger partial charge is 0.230 e. The lowest BCUT2D eigenvalue weighted by atomic mass is 10.1. The van der Waals surface area contributed by atoms with E-state index >= 15 is 0 Å². The number of amides is 1. The maximum atomic E-state index is 12.2. The molecule has 5 nitrogen and oxygen atoms in total. The summed E-state index contributed by atoms with van der Waals surface area (Å²) in [4.78, 5) is 12.2. The van der Waals surface area contributed by atoms with E-state index in [1.165, 1.54) is 0 Å². The first-order chi connectivity index (χ1) is 10.5. The van der Waals surface area contributed by atoms with Crippen LogP contribution in [0.2, 0.25) is 10.0 Å². The molecule has 0 unspecified atom stereocenters. The summed E-state index contributed by atoms with van der Waals surface area (Å²) in [5.41, 5.74) is 1.35. The highest BCUT2D eigenvalue weighted by molar-refractivity contribution is 6.36. The molecule has 114 valence electrons. The van der Waals surface area contributed by atoms with E-state index in [1.807, 2.05) is 6.92 Å². The lowest BCUT2D eigenvalue weighted by Crippen LogP contribution is -2.18. The maximum Gasteiger partial charge on any atom is 0.230 e. The van der Waals surface area contributed by atoms with Crippen LogP contribution in [0.25, 0.3) is 0 Å². The van der Waals surface area contributed by atoms with Gasteiger partial charge in [-0.05, 0) is 24.6 Å². The van der Waals surface area contributed by atoms with Gasteiger partial charge in [0.1, 0.15) is 5.82 Å². The number of benzene rings is 1. The molecule has 1 heterocycles. The molecule has 0 fully saturated rings. The first-order valence-electron chi connectivity index (χ1n) is 6.65. The van der Waals surface area contributed by atoms with Crippen LogP contribution in [0, 0.1) is 18.3 Å². The van der Waals surface area contributed by atoms with Crippen LogP contribution in [0.5, 0.6) is 0 Å². The normalized spacial score (nSPS) is 10.3. The molecular weight excluding hydrogens is 323 g/mol. The first kappa shape index (κ1) is 16.3. The number of halogens is 2. The minimum atomic E-state index is -0.242. The Kier molecular flexibility index (Phi) is 5.42. The fraction of sp³-hybridized carbons (Fsp3) is 0.267. The van der Waals surface area contributed by atoms with Gasteiger partial charge in [0.25, 0.3) is 0 Å². The van der Waals surface area contributed by atoms with E-state index in [-0.39, 0.29) is 12.3 Å². The Hall–Kier alpha value is -2.03. The molecule has 1 aromatic heterocycles. The molecule has 22 heavy (non-hydrogen) atoms. The topological polar surface area (TPSA) is 70.7 Å². The molecule has 0 aliphatic rings. The highest BCUT2D eigenvalue weighted by Gasteiger charge is 2.13. The summed E-state index contributed by atoms with van der Waals surface area (Å²) in [5.74, 6) is 0.314. The van der Waals surface area contributed by atoms with Gasteiger partial charge in [-0.1, -0.05) is 29.3 Å². The lowest BCUT2D eigenvalue weighted by Gasteiger charge is -2.09.